The van der Waals surface area contributed by atoms with Gasteiger partial charge >= 0.3 is 6.03 Å². The SMILES string of the molecule is O=C(CSc1ccc2ccccc2c1)NC(=O)N[C@@H]1CCS(=O)(=O)C1. The van der Waals surface area contributed by atoms with Crippen LogP contribution in [0.4, 0.5) is 4.79 Å². The molecule has 6 nitrogen and oxygen atoms in total. The van der Waals surface area contributed by atoms with Crippen LogP contribution >= 0.6 is 11.8 Å². The van der Waals surface area contributed by atoms with Crippen LogP contribution in [-0.2, 0) is 14.6 Å². The second-order valence-corrected chi connectivity index (χ2v) is 9.20. The zero-order valence-corrected chi connectivity index (χ0v) is 15.0. The van der Waals surface area contributed by atoms with E-state index < -0.39 is 27.8 Å². The van der Waals surface area contributed by atoms with Gasteiger partial charge in [-0.3, -0.25) is 10.1 Å². The van der Waals surface area contributed by atoms with Crippen LogP contribution < -0.4 is 10.6 Å². The number of amides is 3. The molecule has 0 bridgehead atoms. The molecular formula is C17H18N2O4S2. The number of carbonyl (C=O) groups excluding carboxylic acids is 2. The number of hydrogen-bond donors (Lipinski definition) is 2. The van der Waals surface area contributed by atoms with Gasteiger partial charge in [0, 0.05) is 10.9 Å². The molecule has 0 aliphatic carbocycles. The highest BCUT2D eigenvalue weighted by Gasteiger charge is 2.29. The Morgan fingerprint density at radius 3 is 2.60 bits per heavy atom. The fourth-order valence-corrected chi connectivity index (χ4v) is 5.12. The Kier molecular flexibility index (Phi) is 5.29. The van der Waals surface area contributed by atoms with E-state index in [1.165, 1.54) is 11.8 Å². The van der Waals surface area contributed by atoms with Gasteiger partial charge in [-0.15, -0.1) is 11.8 Å². The van der Waals surface area contributed by atoms with E-state index >= 15 is 0 Å². The molecule has 0 radical (unpaired) electrons. The van der Waals surface area contributed by atoms with Crippen molar-refractivity contribution in [2.75, 3.05) is 17.3 Å². The second-order valence-electron chi connectivity index (χ2n) is 5.92. The van der Waals surface area contributed by atoms with Crippen molar-refractivity contribution in [3.8, 4) is 0 Å². The largest absolute Gasteiger partial charge is 0.334 e. The number of sulfone groups is 1. The highest BCUT2D eigenvalue weighted by atomic mass is 32.2. The van der Waals surface area contributed by atoms with Gasteiger partial charge in [0.25, 0.3) is 0 Å². The maximum absolute atomic E-state index is 11.9. The van der Waals surface area contributed by atoms with E-state index in [0.29, 0.717) is 6.42 Å². The fraction of sp³-hybridized carbons (Fsp3) is 0.294. The molecule has 2 N–H and O–H groups in total. The number of hydrogen-bond acceptors (Lipinski definition) is 5. The summed E-state index contributed by atoms with van der Waals surface area (Å²) in [7, 11) is -3.07. The summed E-state index contributed by atoms with van der Waals surface area (Å²) < 4.78 is 22.7. The number of thioether (sulfide) groups is 1. The lowest BCUT2D eigenvalue weighted by molar-refractivity contribution is -0.117. The zero-order valence-electron chi connectivity index (χ0n) is 13.4. The van der Waals surface area contributed by atoms with Crippen LogP contribution in [0.5, 0.6) is 0 Å². The summed E-state index contributed by atoms with van der Waals surface area (Å²) in [5.74, 6) is -0.310. The first-order valence-electron chi connectivity index (χ1n) is 7.84. The molecule has 1 aliphatic heterocycles. The van der Waals surface area contributed by atoms with Gasteiger partial charge in [0.15, 0.2) is 9.84 Å². The third kappa shape index (κ3) is 4.96. The average Bonchev–Trinajstić information content (AvgIpc) is 2.91. The molecule has 2 aromatic rings. The molecule has 25 heavy (non-hydrogen) atoms. The molecule has 0 spiro atoms. The molecule has 3 amide bonds. The zero-order chi connectivity index (χ0) is 17.9. The summed E-state index contributed by atoms with van der Waals surface area (Å²) in [5.41, 5.74) is 0. The summed E-state index contributed by atoms with van der Waals surface area (Å²) in [6.45, 7) is 0. The van der Waals surface area contributed by atoms with Gasteiger partial charge in [-0.25, -0.2) is 13.2 Å². The molecule has 0 unspecified atom stereocenters. The van der Waals surface area contributed by atoms with Crippen LogP contribution in [0, 0.1) is 0 Å². The number of rotatable bonds is 4. The molecule has 1 heterocycles. The van der Waals surface area contributed by atoms with E-state index in [9.17, 15) is 18.0 Å². The Morgan fingerprint density at radius 1 is 1.12 bits per heavy atom. The van der Waals surface area contributed by atoms with Crippen molar-refractivity contribution in [3.63, 3.8) is 0 Å². The van der Waals surface area contributed by atoms with Crippen molar-refractivity contribution < 1.29 is 18.0 Å². The Bertz CT molecular complexity index is 912. The minimum Gasteiger partial charge on any atom is -0.334 e. The minimum atomic E-state index is -3.07. The standard InChI is InChI=1S/C17H18N2O4S2/c20-16(19-17(21)18-14-7-8-25(22,23)11-14)10-24-15-6-5-12-3-1-2-4-13(12)9-15/h1-6,9,14H,7-8,10-11H2,(H2,18,19,20,21)/t14-/m1/s1. The van der Waals surface area contributed by atoms with Gasteiger partial charge in [-0.05, 0) is 29.3 Å². The quantitative estimate of drug-likeness (QED) is 0.794. The third-order valence-corrected chi connectivity index (χ3v) is 6.67. The Labute approximate surface area is 150 Å². The van der Waals surface area contributed by atoms with E-state index in [0.717, 1.165) is 15.7 Å². The maximum atomic E-state index is 11.9. The molecule has 1 saturated heterocycles. The topological polar surface area (TPSA) is 92.3 Å². The number of carbonyl (C=O) groups is 2. The summed E-state index contributed by atoms with van der Waals surface area (Å²) in [5, 5.41) is 6.98. The normalized spacial score (nSPS) is 18.8. The summed E-state index contributed by atoms with van der Waals surface area (Å²) in [6.07, 6.45) is 0.385. The van der Waals surface area contributed by atoms with Gasteiger partial charge < -0.3 is 5.32 Å². The molecule has 1 atom stereocenters. The smallest absolute Gasteiger partial charge is 0.321 e. The van der Waals surface area contributed by atoms with Crippen LogP contribution in [0.1, 0.15) is 6.42 Å². The Balaban J connectivity index is 1.48. The minimum absolute atomic E-state index is 0.0690. The Morgan fingerprint density at radius 2 is 1.88 bits per heavy atom. The van der Waals surface area contributed by atoms with E-state index in [1.807, 2.05) is 42.5 Å². The molecule has 0 saturated carbocycles. The molecule has 2 aromatic carbocycles. The summed E-state index contributed by atoms with van der Waals surface area (Å²) in [6, 6.07) is 12.8. The maximum Gasteiger partial charge on any atom is 0.321 e. The van der Waals surface area contributed by atoms with Crippen LogP contribution in [0.25, 0.3) is 10.8 Å². The van der Waals surface area contributed by atoms with Crippen LogP contribution in [0.3, 0.4) is 0 Å². The highest BCUT2D eigenvalue weighted by Crippen LogP contribution is 2.23. The Hall–Kier alpha value is -2.06. The summed E-state index contributed by atoms with van der Waals surface area (Å²) in [4.78, 5) is 24.6. The van der Waals surface area contributed by atoms with Crippen LogP contribution in [0.15, 0.2) is 47.4 Å². The number of fused-ring (bicyclic) bond motifs is 1. The van der Waals surface area contributed by atoms with Gasteiger partial charge in [-0.2, -0.15) is 0 Å². The van der Waals surface area contributed by atoms with Crippen molar-refractivity contribution in [3.05, 3.63) is 42.5 Å². The molecule has 1 fully saturated rings. The van der Waals surface area contributed by atoms with Gasteiger partial charge in [0.05, 0.1) is 17.3 Å². The van der Waals surface area contributed by atoms with Crippen molar-refractivity contribution in [1.82, 2.24) is 10.6 Å². The van der Waals surface area contributed by atoms with Crippen molar-refractivity contribution in [2.45, 2.75) is 17.4 Å². The van der Waals surface area contributed by atoms with Crippen molar-refractivity contribution >= 4 is 44.3 Å². The predicted molar refractivity (Wildman–Crippen MR) is 98.4 cm³/mol. The molecule has 132 valence electrons. The van der Waals surface area contributed by atoms with E-state index in [2.05, 4.69) is 10.6 Å². The lowest BCUT2D eigenvalue weighted by Crippen LogP contribution is -2.45. The number of benzene rings is 2. The van der Waals surface area contributed by atoms with E-state index in [-0.39, 0.29) is 17.3 Å². The van der Waals surface area contributed by atoms with Crippen LogP contribution in [0.2, 0.25) is 0 Å². The monoisotopic (exact) mass is 378 g/mol. The lowest BCUT2D eigenvalue weighted by Gasteiger charge is -2.11. The van der Waals surface area contributed by atoms with Crippen molar-refractivity contribution in [1.29, 1.82) is 0 Å². The first-order chi connectivity index (χ1) is 11.9. The number of imide groups is 1. The molecule has 8 heteroatoms. The van der Waals surface area contributed by atoms with Gasteiger partial charge in [-0.1, -0.05) is 30.3 Å². The van der Waals surface area contributed by atoms with Crippen molar-refractivity contribution in [2.24, 2.45) is 0 Å². The summed E-state index contributed by atoms with van der Waals surface area (Å²) >= 11 is 1.34. The molecule has 1 aliphatic rings. The first-order valence-corrected chi connectivity index (χ1v) is 10.6. The third-order valence-electron chi connectivity index (χ3n) is 3.91. The predicted octanol–water partition coefficient (Wildman–Crippen LogP) is 1.94. The number of nitrogens with one attached hydrogen (secondary N) is 2. The van der Waals surface area contributed by atoms with E-state index in [1.54, 1.807) is 0 Å². The number of urea groups is 1. The highest BCUT2D eigenvalue weighted by molar-refractivity contribution is 8.00. The van der Waals surface area contributed by atoms with Gasteiger partial charge in [0.2, 0.25) is 5.91 Å². The van der Waals surface area contributed by atoms with Crippen LogP contribution in [-0.4, -0.2) is 43.7 Å². The lowest BCUT2D eigenvalue weighted by atomic mass is 10.1. The fourth-order valence-electron chi connectivity index (χ4n) is 2.70. The van der Waals surface area contributed by atoms with E-state index in [4.69, 9.17) is 0 Å². The average molecular weight is 378 g/mol. The molecule has 0 aromatic heterocycles. The molecular weight excluding hydrogens is 360 g/mol. The van der Waals surface area contributed by atoms with Gasteiger partial charge in [0.1, 0.15) is 0 Å². The molecule has 3 rings (SSSR count). The second kappa shape index (κ2) is 7.45. The first kappa shape index (κ1) is 17.8.